The van der Waals surface area contributed by atoms with Crippen molar-refractivity contribution in [1.82, 2.24) is 10.2 Å². The Kier molecular flexibility index (Phi) is 5.96. The van der Waals surface area contributed by atoms with Crippen LogP contribution in [0.15, 0.2) is 24.3 Å². The molecule has 3 nitrogen and oxygen atoms in total. The van der Waals surface area contributed by atoms with Gasteiger partial charge in [0.1, 0.15) is 5.75 Å². The van der Waals surface area contributed by atoms with Crippen LogP contribution in [0.5, 0.6) is 5.75 Å². The van der Waals surface area contributed by atoms with Gasteiger partial charge in [-0.3, -0.25) is 4.90 Å². The highest BCUT2D eigenvalue weighted by molar-refractivity contribution is 5.27. The van der Waals surface area contributed by atoms with Gasteiger partial charge in [0.05, 0.1) is 6.10 Å². The third-order valence-electron chi connectivity index (χ3n) is 5.38. The number of hydrogen-bond acceptors (Lipinski definition) is 3. The monoisotopic (exact) mass is 316 g/mol. The second kappa shape index (κ2) is 8.16. The van der Waals surface area contributed by atoms with Gasteiger partial charge in [0, 0.05) is 6.54 Å². The predicted molar refractivity (Wildman–Crippen MR) is 95.8 cm³/mol. The van der Waals surface area contributed by atoms with E-state index in [2.05, 4.69) is 48.3 Å². The third kappa shape index (κ3) is 4.95. The van der Waals surface area contributed by atoms with Gasteiger partial charge in [-0.15, -0.1) is 0 Å². The van der Waals surface area contributed by atoms with E-state index < -0.39 is 0 Å². The quantitative estimate of drug-likeness (QED) is 0.897. The molecule has 2 heterocycles. The number of rotatable bonds is 5. The van der Waals surface area contributed by atoms with Gasteiger partial charge in [0.15, 0.2) is 0 Å². The average Bonchev–Trinajstić information content (AvgIpc) is 2.58. The van der Waals surface area contributed by atoms with Crippen LogP contribution in [0.25, 0.3) is 0 Å². The topological polar surface area (TPSA) is 24.5 Å². The Labute approximate surface area is 141 Å². The number of ether oxygens (including phenoxy) is 1. The largest absolute Gasteiger partial charge is 0.491 e. The van der Waals surface area contributed by atoms with Gasteiger partial charge in [0.2, 0.25) is 0 Å². The van der Waals surface area contributed by atoms with Gasteiger partial charge in [-0.05, 0) is 95.2 Å². The zero-order valence-electron chi connectivity index (χ0n) is 14.8. The van der Waals surface area contributed by atoms with Gasteiger partial charge < -0.3 is 10.1 Å². The molecule has 23 heavy (non-hydrogen) atoms. The zero-order valence-corrected chi connectivity index (χ0v) is 14.8. The average molecular weight is 316 g/mol. The Morgan fingerprint density at radius 3 is 2.22 bits per heavy atom. The maximum atomic E-state index is 5.72. The Bertz CT molecular complexity index is 457. The summed E-state index contributed by atoms with van der Waals surface area (Å²) < 4.78 is 5.72. The normalized spacial score (nSPS) is 21.7. The van der Waals surface area contributed by atoms with Crippen molar-refractivity contribution < 1.29 is 4.74 Å². The Balaban J connectivity index is 1.44. The molecule has 0 aliphatic carbocycles. The van der Waals surface area contributed by atoms with Crippen molar-refractivity contribution in [1.29, 1.82) is 0 Å². The second-order valence-electron chi connectivity index (χ2n) is 7.51. The molecule has 0 radical (unpaired) electrons. The van der Waals surface area contributed by atoms with E-state index in [-0.39, 0.29) is 6.10 Å². The Morgan fingerprint density at radius 2 is 1.61 bits per heavy atom. The molecule has 1 aromatic rings. The Morgan fingerprint density at radius 1 is 1.00 bits per heavy atom. The number of nitrogens with zero attached hydrogens (tertiary/aromatic N) is 1. The lowest BCUT2D eigenvalue weighted by molar-refractivity contribution is 0.126. The smallest absolute Gasteiger partial charge is 0.119 e. The molecular weight excluding hydrogens is 284 g/mol. The first-order chi connectivity index (χ1) is 11.2. The summed E-state index contributed by atoms with van der Waals surface area (Å²) in [4.78, 5) is 2.62. The molecule has 128 valence electrons. The lowest BCUT2D eigenvalue weighted by Gasteiger charge is -2.37. The molecule has 2 fully saturated rings. The summed E-state index contributed by atoms with van der Waals surface area (Å²) in [6.45, 7) is 10.2. The molecule has 0 aromatic heterocycles. The molecule has 0 bridgehead atoms. The van der Waals surface area contributed by atoms with Crippen molar-refractivity contribution in [3.63, 3.8) is 0 Å². The van der Waals surface area contributed by atoms with Gasteiger partial charge in [-0.1, -0.05) is 12.1 Å². The van der Waals surface area contributed by atoms with Crippen LogP contribution < -0.4 is 10.1 Å². The van der Waals surface area contributed by atoms with Crippen molar-refractivity contribution in [2.75, 3.05) is 26.2 Å². The van der Waals surface area contributed by atoms with Crippen molar-refractivity contribution in [2.24, 2.45) is 11.8 Å². The number of hydrogen-bond donors (Lipinski definition) is 1. The molecule has 0 spiro atoms. The van der Waals surface area contributed by atoms with Crippen LogP contribution in [0, 0.1) is 11.8 Å². The van der Waals surface area contributed by atoms with Crippen LogP contribution in [0.3, 0.4) is 0 Å². The molecule has 3 heteroatoms. The number of piperidine rings is 2. The maximum Gasteiger partial charge on any atom is 0.119 e. The van der Waals surface area contributed by atoms with E-state index in [0.29, 0.717) is 0 Å². The SMILES string of the molecule is CC(C)Oc1ccc(CN2CCC(C3CCNCC3)CC2)cc1. The summed E-state index contributed by atoms with van der Waals surface area (Å²) in [5.74, 6) is 2.93. The van der Waals surface area contributed by atoms with Crippen LogP contribution >= 0.6 is 0 Å². The minimum Gasteiger partial charge on any atom is -0.491 e. The fraction of sp³-hybridized carbons (Fsp3) is 0.700. The van der Waals surface area contributed by atoms with E-state index in [1.807, 2.05) is 0 Å². The fourth-order valence-corrected chi connectivity index (χ4v) is 4.10. The second-order valence-corrected chi connectivity index (χ2v) is 7.51. The highest BCUT2D eigenvalue weighted by Gasteiger charge is 2.27. The van der Waals surface area contributed by atoms with Gasteiger partial charge in [-0.2, -0.15) is 0 Å². The van der Waals surface area contributed by atoms with Gasteiger partial charge >= 0.3 is 0 Å². The molecule has 2 saturated heterocycles. The molecule has 0 atom stereocenters. The highest BCUT2D eigenvalue weighted by atomic mass is 16.5. The molecule has 1 N–H and O–H groups in total. The standard InChI is InChI=1S/C20H32N2O/c1-16(2)23-20-5-3-17(4-6-20)15-22-13-9-19(10-14-22)18-7-11-21-12-8-18/h3-6,16,18-19,21H,7-15H2,1-2H3. The molecule has 2 aliphatic rings. The fourth-order valence-electron chi connectivity index (χ4n) is 4.10. The van der Waals surface area contributed by atoms with E-state index in [1.165, 1.54) is 57.4 Å². The molecule has 2 aliphatic heterocycles. The van der Waals surface area contributed by atoms with Crippen LogP contribution in [-0.2, 0) is 6.54 Å². The van der Waals surface area contributed by atoms with Crippen LogP contribution in [0.1, 0.15) is 45.1 Å². The molecule has 1 aromatic carbocycles. The minimum absolute atomic E-state index is 0.245. The minimum atomic E-state index is 0.245. The highest BCUT2D eigenvalue weighted by Crippen LogP contribution is 2.31. The number of likely N-dealkylation sites (tertiary alicyclic amines) is 1. The molecule has 0 unspecified atom stereocenters. The van der Waals surface area contributed by atoms with Gasteiger partial charge in [0.25, 0.3) is 0 Å². The summed E-state index contributed by atoms with van der Waals surface area (Å²) in [5, 5.41) is 3.49. The van der Waals surface area contributed by atoms with Crippen LogP contribution in [0.2, 0.25) is 0 Å². The maximum absolute atomic E-state index is 5.72. The number of nitrogens with one attached hydrogen (secondary N) is 1. The molecule has 0 saturated carbocycles. The summed E-state index contributed by atoms with van der Waals surface area (Å²) in [7, 11) is 0. The predicted octanol–water partition coefficient (Wildman–Crippen LogP) is 3.69. The first-order valence-corrected chi connectivity index (χ1v) is 9.39. The van der Waals surface area contributed by atoms with E-state index in [9.17, 15) is 0 Å². The van der Waals surface area contributed by atoms with Crippen LogP contribution in [-0.4, -0.2) is 37.2 Å². The van der Waals surface area contributed by atoms with Crippen LogP contribution in [0.4, 0.5) is 0 Å². The van der Waals surface area contributed by atoms with Crippen molar-refractivity contribution in [2.45, 2.75) is 52.2 Å². The van der Waals surface area contributed by atoms with E-state index >= 15 is 0 Å². The zero-order chi connectivity index (χ0) is 16.1. The lowest BCUT2D eigenvalue weighted by atomic mass is 9.79. The molecular formula is C20H32N2O. The van der Waals surface area contributed by atoms with Crippen molar-refractivity contribution in [3.8, 4) is 5.75 Å². The van der Waals surface area contributed by atoms with E-state index in [4.69, 9.17) is 4.74 Å². The van der Waals surface area contributed by atoms with E-state index in [0.717, 1.165) is 24.1 Å². The summed E-state index contributed by atoms with van der Waals surface area (Å²) in [5.41, 5.74) is 1.40. The third-order valence-corrected chi connectivity index (χ3v) is 5.38. The lowest BCUT2D eigenvalue weighted by Crippen LogP contribution is -2.39. The first-order valence-electron chi connectivity index (χ1n) is 9.39. The number of benzene rings is 1. The molecule has 0 amide bonds. The summed E-state index contributed by atoms with van der Waals surface area (Å²) in [6.07, 6.45) is 5.80. The summed E-state index contributed by atoms with van der Waals surface area (Å²) in [6, 6.07) is 8.65. The van der Waals surface area contributed by atoms with Gasteiger partial charge in [-0.25, -0.2) is 0 Å². The van der Waals surface area contributed by atoms with E-state index in [1.54, 1.807) is 0 Å². The first kappa shape index (κ1) is 16.8. The van der Waals surface area contributed by atoms with Crippen molar-refractivity contribution >= 4 is 0 Å². The summed E-state index contributed by atoms with van der Waals surface area (Å²) >= 11 is 0. The van der Waals surface area contributed by atoms with Crippen molar-refractivity contribution in [3.05, 3.63) is 29.8 Å². The Hall–Kier alpha value is -1.06. The molecule has 3 rings (SSSR count).